The number of hydrogen-bond acceptors (Lipinski definition) is 3. The van der Waals surface area contributed by atoms with E-state index >= 15 is 0 Å². The third-order valence-corrected chi connectivity index (χ3v) is 1.89. The van der Waals surface area contributed by atoms with Crippen LogP contribution >= 0.6 is 0 Å². The Labute approximate surface area is 111 Å². The Balaban J connectivity index is 0. The molecule has 0 fully saturated rings. The number of rotatable bonds is 2. The molecule has 0 saturated heterocycles. The molecule has 1 N–H and O–H groups in total. The molecule has 5 heteroatoms. The van der Waals surface area contributed by atoms with Crippen molar-refractivity contribution in [1.29, 1.82) is 0 Å². The summed E-state index contributed by atoms with van der Waals surface area (Å²) >= 11 is 0. The fraction of sp³-hybridized carbons (Fsp3) is 0.455. The van der Waals surface area contributed by atoms with Crippen molar-refractivity contribution in [2.45, 2.75) is 33.6 Å². The molecule has 0 heterocycles. The average molecular weight is 235 g/mol. The van der Waals surface area contributed by atoms with Crippen LogP contribution in [0.25, 0.3) is 0 Å². The standard InChI is InChI=1S/C11H15.Li.HO3S/c1-4-10-6-9(3)7-11(5-2)8-10;;1-4(2)3/h6-7H,4-5H2,1-3H3;;(H,1,2,3)/q;+1;-1. The molecule has 0 saturated carbocycles. The third kappa shape index (κ3) is 8.99. The first-order valence-electron chi connectivity index (χ1n) is 4.79. The number of aryl methyl sites for hydroxylation is 3. The Morgan fingerprint density at radius 3 is 1.75 bits per heavy atom. The van der Waals surface area contributed by atoms with Crippen LogP contribution in [0.1, 0.15) is 30.5 Å². The van der Waals surface area contributed by atoms with Crippen LogP contribution in [0.4, 0.5) is 0 Å². The van der Waals surface area contributed by atoms with Gasteiger partial charge in [-0.25, -0.2) is 0 Å². The van der Waals surface area contributed by atoms with Crippen molar-refractivity contribution in [1.82, 2.24) is 0 Å². The van der Waals surface area contributed by atoms with Crippen molar-refractivity contribution >= 4 is 11.0 Å². The van der Waals surface area contributed by atoms with Crippen molar-refractivity contribution in [3.8, 4) is 0 Å². The molecule has 3 nitrogen and oxygen atoms in total. The molecule has 0 spiro atoms. The van der Waals surface area contributed by atoms with Crippen LogP contribution in [-0.4, -0.2) is 4.55 Å². The molecule has 85 valence electrons. The van der Waals surface area contributed by atoms with E-state index in [1.807, 2.05) is 0 Å². The molecule has 1 radical (unpaired) electrons. The molecule has 0 amide bonds. The zero-order valence-electron chi connectivity index (χ0n) is 10.2. The maximum Gasteiger partial charge on any atom is 1.00 e. The van der Waals surface area contributed by atoms with Gasteiger partial charge in [0.15, 0.2) is 0 Å². The molecule has 0 aromatic heterocycles. The van der Waals surface area contributed by atoms with Crippen molar-refractivity contribution in [2.75, 3.05) is 0 Å². The average Bonchev–Trinajstić information content (AvgIpc) is 2.15. The second-order valence-electron chi connectivity index (χ2n) is 3.13. The van der Waals surface area contributed by atoms with Gasteiger partial charge in [0.1, 0.15) is 0 Å². The summed E-state index contributed by atoms with van der Waals surface area (Å²) in [5.74, 6) is 0. The second kappa shape index (κ2) is 9.92. The van der Waals surface area contributed by atoms with E-state index in [0.29, 0.717) is 0 Å². The summed E-state index contributed by atoms with van der Waals surface area (Å²) in [7, 11) is -2.86. The summed E-state index contributed by atoms with van der Waals surface area (Å²) in [5, 5.41) is 0. The molecule has 16 heavy (non-hydrogen) atoms. The molecular formula is C11H16LiO3S. The van der Waals surface area contributed by atoms with E-state index in [0.717, 1.165) is 12.8 Å². The summed E-state index contributed by atoms with van der Waals surface area (Å²) < 4.78 is 24.1. The molecule has 0 aliphatic rings. The van der Waals surface area contributed by atoms with Gasteiger partial charge in [-0.3, -0.25) is 0 Å². The third-order valence-electron chi connectivity index (χ3n) is 1.89. The van der Waals surface area contributed by atoms with E-state index in [1.54, 1.807) is 0 Å². The first-order chi connectivity index (χ1) is 6.99. The molecular weight excluding hydrogens is 219 g/mol. The van der Waals surface area contributed by atoms with Gasteiger partial charge >= 0.3 is 18.9 Å². The summed E-state index contributed by atoms with van der Waals surface area (Å²) in [6.07, 6.45) is 2.18. The Hall–Kier alpha value is -0.273. The van der Waals surface area contributed by atoms with Crippen LogP contribution in [0.2, 0.25) is 0 Å². The molecule has 1 aromatic rings. The topological polar surface area (TPSA) is 54.4 Å². The molecule has 0 atom stereocenters. The van der Waals surface area contributed by atoms with Crippen molar-refractivity contribution in [3.63, 3.8) is 0 Å². The normalized spacial score (nSPS) is 9.06. The van der Waals surface area contributed by atoms with E-state index in [1.165, 1.54) is 16.7 Å². The predicted molar refractivity (Wildman–Crippen MR) is 60.1 cm³/mol. The van der Waals surface area contributed by atoms with Gasteiger partial charge in [-0.15, -0.1) is 0 Å². The minimum atomic E-state index is -2.86. The van der Waals surface area contributed by atoms with Crippen molar-refractivity contribution < 1.29 is 31.8 Å². The molecule has 0 aliphatic carbocycles. The summed E-state index contributed by atoms with van der Waals surface area (Å²) in [6.45, 7) is 6.49. The smallest absolute Gasteiger partial charge is 0.439 e. The Kier molecular flexibility index (Phi) is 11.2. The predicted octanol–water partition coefficient (Wildman–Crippen LogP) is -0.307. The van der Waals surface area contributed by atoms with E-state index in [9.17, 15) is 0 Å². The van der Waals surface area contributed by atoms with Gasteiger partial charge in [0.25, 0.3) is 0 Å². The van der Waals surface area contributed by atoms with Crippen LogP contribution in [0.15, 0.2) is 12.1 Å². The van der Waals surface area contributed by atoms with Crippen LogP contribution in [0.5, 0.6) is 0 Å². The maximum absolute atomic E-state index is 8.56. The van der Waals surface area contributed by atoms with E-state index in [2.05, 4.69) is 39.0 Å². The van der Waals surface area contributed by atoms with Gasteiger partial charge in [0.05, 0.1) is 0 Å². The minimum Gasteiger partial charge on any atom is -0.439 e. The van der Waals surface area contributed by atoms with Crippen LogP contribution < -0.4 is 18.9 Å². The van der Waals surface area contributed by atoms with Gasteiger partial charge in [-0.1, -0.05) is 31.5 Å². The SMILES string of the molecule is CCc1[c]c(CC)cc(C)c1.O=[S-](=O)O.[Li+]. The minimum absolute atomic E-state index is 0. The van der Waals surface area contributed by atoms with E-state index < -0.39 is 11.0 Å². The quantitative estimate of drug-likeness (QED) is 0.331. The Morgan fingerprint density at radius 2 is 1.50 bits per heavy atom. The number of benzene rings is 1. The summed E-state index contributed by atoms with van der Waals surface area (Å²) in [4.78, 5) is 0. The van der Waals surface area contributed by atoms with E-state index in [-0.39, 0.29) is 18.9 Å². The van der Waals surface area contributed by atoms with Gasteiger partial charge in [-0.2, -0.15) is 0 Å². The molecule has 0 aliphatic heterocycles. The van der Waals surface area contributed by atoms with Crippen LogP contribution in [0.3, 0.4) is 0 Å². The molecule has 1 rings (SSSR count). The molecule has 1 aromatic carbocycles. The fourth-order valence-corrected chi connectivity index (χ4v) is 1.25. The van der Waals surface area contributed by atoms with Gasteiger partial charge in [0, 0.05) is 11.0 Å². The van der Waals surface area contributed by atoms with Crippen LogP contribution in [-0.2, 0) is 32.2 Å². The Morgan fingerprint density at radius 1 is 1.19 bits per heavy atom. The van der Waals surface area contributed by atoms with Crippen LogP contribution in [0, 0.1) is 13.0 Å². The van der Waals surface area contributed by atoms with Gasteiger partial charge in [-0.05, 0) is 37.0 Å². The fourth-order valence-electron chi connectivity index (χ4n) is 1.25. The summed E-state index contributed by atoms with van der Waals surface area (Å²) in [5.41, 5.74) is 4.03. The van der Waals surface area contributed by atoms with Gasteiger partial charge in [0.2, 0.25) is 0 Å². The molecule has 0 bridgehead atoms. The zero-order chi connectivity index (χ0) is 11.8. The first-order valence-corrected chi connectivity index (χ1v) is 5.82. The monoisotopic (exact) mass is 235 g/mol. The first kappa shape index (κ1) is 18.1. The van der Waals surface area contributed by atoms with E-state index in [4.69, 9.17) is 13.0 Å². The molecule has 0 unspecified atom stereocenters. The van der Waals surface area contributed by atoms with Crippen molar-refractivity contribution in [2.24, 2.45) is 0 Å². The van der Waals surface area contributed by atoms with Crippen molar-refractivity contribution in [3.05, 3.63) is 34.9 Å². The zero-order valence-corrected chi connectivity index (χ0v) is 11.1. The summed E-state index contributed by atoms with van der Waals surface area (Å²) in [6, 6.07) is 7.80. The largest absolute Gasteiger partial charge is 1.00 e. The Bertz CT molecular complexity index is 345. The van der Waals surface area contributed by atoms with Gasteiger partial charge < -0.3 is 13.0 Å². The maximum atomic E-state index is 8.56. The second-order valence-corrected chi connectivity index (χ2v) is 3.57. The number of hydrogen-bond donors (Lipinski definition) is 1.